The number of phosphoric ester groups is 1. The minimum Gasteiger partial charge on any atom is -0.756 e. The summed E-state index contributed by atoms with van der Waals surface area (Å²) in [5, 5.41) is 11.1. The van der Waals surface area contributed by atoms with Crippen molar-refractivity contribution >= 4 is 42.1 Å². The lowest BCUT2D eigenvalue weighted by molar-refractivity contribution is -0.245. The van der Waals surface area contributed by atoms with Crippen LogP contribution in [0.2, 0.25) is 10.0 Å². The van der Waals surface area contributed by atoms with Gasteiger partial charge >= 0.3 is 0 Å². The second-order valence-corrected chi connectivity index (χ2v) is 7.45. The van der Waals surface area contributed by atoms with Crippen LogP contribution in [0.4, 0.5) is 0 Å². The van der Waals surface area contributed by atoms with E-state index in [4.69, 9.17) is 32.5 Å². The topological polar surface area (TPSA) is 106 Å². The average Bonchev–Trinajstić information content (AvgIpc) is 3.01. The molecule has 23 heavy (non-hydrogen) atoms. The van der Waals surface area contributed by atoms with E-state index in [1.807, 2.05) is 0 Å². The maximum Gasteiger partial charge on any atom is 0.268 e. The summed E-state index contributed by atoms with van der Waals surface area (Å²) in [7, 11) is -4.41. The Bertz CT molecular complexity index is 829. The van der Waals surface area contributed by atoms with Gasteiger partial charge < -0.3 is 28.4 Å². The van der Waals surface area contributed by atoms with Crippen molar-refractivity contribution < 1.29 is 28.3 Å². The molecule has 3 heterocycles. The number of rotatable bonds is 1. The Morgan fingerprint density at radius 3 is 2.91 bits per heavy atom. The van der Waals surface area contributed by atoms with Crippen LogP contribution in [0.1, 0.15) is 6.23 Å². The number of ether oxygens (including phenoxy) is 1. The number of nitrogens with zero attached hydrogens (tertiary/aromatic N) is 2. The van der Waals surface area contributed by atoms with Crippen molar-refractivity contribution in [3.8, 4) is 0 Å². The molecule has 1 aromatic heterocycles. The molecule has 0 aliphatic carbocycles. The van der Waals surface area contributed by atoms with Crippen molar-refractivity contribution in [1.29, 1.82) is 0 Å². The fraction of sp³-hybridized carbons (Fsp3) is 0.417. The molecule has 0 saturated carbocycles. The van der Waals surface area contributed by atoms with E-state index in [0.717, 1.165) is 0 Å². The van der Waals surface area contributed by atoms with Crippen LogP contribution in [0.15, 0.2) is 18.5 Å². The molecule has 124 valence electrons. The first-order valence-electron chi connectivity index (χ1n) is 6.65. The Labute approximate surface area is 140 Å². The first-order valence-corrected chi connectivity index (χ1v) is 8.86. The number of aliphatic hydroxyl groups is 1. The summed E-state index contributed by atoms with van der Waals surface area (Å²) in [5.41, 5.74) is 1.16. The lowest BCUT2D eigenvalue weighted by atomic mass is 10.1. The highest BCUT2D eigenvalue weighted by Gasteiger charge is 2.50. The second kappa shape index (κ2) is 5.40. The molecule has 11 heteroatoms. The summed E-state index contributed by atoms with van der Waals surface area (Å²) in [4.78, 5) is 15.6. The van der Waals surface area contributed by atoms with E-state index < -0.39 is 32.4 Å². The number of aromatic nitrogens is 2. The van der Waals surface area contributed by atoms with Gasteiger partial charge in [0.25, 0.3) is 7.82 Å². The molecule has 4 unspecified atom stereocenters. The Hall–Kier alpha value is -0.700. The van der Waals surface area contributed by atoms with Gasteiger partial charge in [-0.1, -0.05) is 23.2 Å². The number of hydrogen-bond acceptors (Lipinski definition) is 7. The molecule has 2 aliphatic rings. The van der Waals surface area contributed by atoms with Gasteiger partial charge in [0.15, 0.2) is 6.23 Å². The van der Waals surface area contributed by atoms with Crippen LogP contribution in [0, 0.1) is 0 Å². The molecule has 1 N–H and O–H groups in total. The van der Waals surface area contributed by atoms with Gasteiger partial charge in [-0.05, 0) is 12.1 Å². The van der Waals surface area contributed by atoms with Crippen LogP contribution in [0.3, 0.4) is 0 Å². The van der Waals surface area contributed by atoms with Crippen LogP contribution in [0.5, 0.6) is 0 Å². The third-order valence-electron chi connectivity index (χ3n) is 3.85. The molecule has 0 bridgehead atoms. The standard InChI is InChI=1S/C12H11Cl2N2O6P/c13-5-1-7-8(2-6(5)14)16(4-15-7)12-10(17)11-9(21-12)3-20-23(18,19)22-11/h1-2,4,9-12,17H,3H2,(H,18,19)/p-1/t9?,10-,11?,12?/m0/s1. The highest BCUT2D eigenvalue weighted by molar-refractivity contribution is 7.45. The molecule has 5 atom stereocenters. The average molecular weight is 380 g/mol. The largest absolute Gasteiger partial charge is 0.756 e. The number of benzene rings is 1. The monoisotopic (exact) mass is 379 g/mol. The normalized spacial score (nSPS) is 37.2. The van der Waals surface area contributed by atoms with Gasteiger partial charge in [-0.3, -0.25) is 4.57 Å². The zero-order chi connectivity index (χ0) is 16.4. The summed E-state index contributed by atoms with van der Waals surface area (Å²) in [6, 6.07) is 3.19. The minimum atomic E-state index is -4.41. The van der Waals surface area contributed by atoms with E-state index in [0.29, 0.717) is 21.1 Å². The quantitative estimate of drug-likeness (QED) is 0.747. The molecule has 0 amide bonds. The van der Waals surface area contributed by atoms with Crippen LogP contribution >= 0.6 is 31.0 Å². The lowest BCUT2D eigenvalue weighted by Crippen LogP contribution is -2.41. The molecule has 4 rings (SSSR count). The first kappa shape index (κ1) is 15.8. The predicted molar refractivity (Wildman–Crippen MR) is 78.1 cm³/mol. The number of halogens is 2. The number of aliphatic hydroxyl groups excluding tert-OH is 1. The Morgan fingerprint density at radius 1 is 1.39 bits per heavy atom. The molecule has 2 aliphatic heterocycles. The van der Waals surface area contributed by atoms with E-state index in [2.05, 4.69) is 9.51 Å². The van der Waals surface area contributed by atoms with Gasteiger partial charge in [0.1, 0.15) is 18.3 Å². The molecule has 0 spiro atoms. The Balaban J connectivity index is 1.72. The number of fused-ring (bicyclic) bond motifs is 2. The van der Waals surface area contributed by atoms with Crippen LogP contribution < -0.4 is 4.89 Å². The molecule has 2 fully saturated rings. The van der Waals surface area contributed by atoms with Gasteiger partial charge in [0.05, 0.1) is 34.0 Å². The Kier molecular flexibility index (Phi) is 3.71. The van der Waals surface area contributed by atoms with Gasteiger partial charge in [-0.25, -0.2) is 4.98 Å². The summed E-state index contributed by atoms with van der Waals surface area (Å²) < 4.78 is 28.0. The molecular weight excluding hydrogens is 370 g/mol. The third kappa shape index (κ3) is 2.59. The SMILES string of the molecule is O=P1([O-])OCC2OC(n3cnc4cc(Cl)c(Cl)cc43)[C@@H](O)C2O1. The van der Waals surface area contributed by atoms with Crippen LogP contribution in [0.25, 0.3) is 11.0 Å². The molecule has 8 nitrogen and oxygen atoms in total. The van der Waals surface area contributed by atoms with Crippen LogP contribution in [-0.2, 0) is 18.3 Å². The molecule has 0 radical (unpaired) electrons. The Morgan fingerprint density at radius 2 is 2.13 bits per heavy atom. The zero-order valence-electron chi connectivity index (χ0n) is 11.3. The number of phosphoric acid groups is 1. The fourth-order valence-electron chi connectivity index (χ4n) is 2.78. The molecule has 2 aromatic rings. The zero-order valence-corrected chi connectivity index (χ0v) is 13.7. The summed E-state index contributed by atoms with van der Waals surface area (Å²) >= 11 is 12.0. The highest BCUT2D eigenvalue weighted by Crippen LogP contribution is 2.49. The van der Waals surface area contributed by atoms with Crippen molar-refractivity contribution in [2.24, 2.45) is 0 Å². The maximum absolute atomic E-state index is 11.4. The van der Waals surface area contributed by atoms with Crippen molar-refractivity contribution in [1.82, 2.24) is 9.55 Å². The van der Waals surface area contributed by atoms with Crippen molar-refractivity contribution in [2.75, 3.05) is 6.61 Å². The summed E-state index contributed by atoms with van der Waals surface area (Å²) in [6.07, 6.45) is -2.37. The molecule has 2 saturated heterocycles. The smallest absolute Gasteiger partial charge is 0.268 e. The van der Waals surface area contributed by atoms with Gasteiger partial charge in [-0.2, -0.15) is 0 Å². The van der Waals surface area contributed by atoms with Crippen molar-refractivity contribution in [3.63, 3.8) is 0 Å². The predicted octanol–water partition coefficient (Wildman–Crippen LogP) is 1.49. The van der Waals surface area contributed by atoms with Crippen molar-refractivity contribution in [3.05, 3.63) is 28.5 Å². The molecule has 1 aromatic carbocycles. The minimum absolute atomic E-state index is 0.210. The number of imidazole rings is 1. The van der Waals surface area contributed by atoms with Crippen molar-refractivity contribution in [2.45, 2.75) is 24.5 Å². The first-order chi connectivity index (χ1) is 10.9. The highest BCUT2D eigenvalue weighted by atomic mass is 35.5. The lowest BCUT2D eigenvalue weighted by Gasteiger charge is -2.34. The maximum atomic E-state index is 11.4. The van der Waals surface area contributed by atoms with E-state index in [1.54, 1.807) is 16.7 Å². The van der Waals surface area contributed by atoms with Crippen LogP contribution in [-0.4, -0.2) is 39.6 Å². The number of hydrogen-bond donors (Lipinski definition) is 1. The summed E-state index contributed by atoms with van der Waals surface area (Å²) in [6.45, 7) is -0.210. The van der Waals surface area contributed by atoms with Gasteiger partial charge in [-0.15, -0.1) is 0 Å². The van der Waals surface area contributed by atoms with E-state index >= 15 is 0 Å². The molecular formula is C12H10Cl2N2O6P-. The second-order valence-electron chi connectivity index (χ2n) is 5.28. The third-order valence-corrected chi connectivity index (χ3v) is 5.54. The summed E-state index contributed by atoms with van der Waals surface area (Å²) in [5.74, 6) is 0. The van der Waals surface area contributed by atoms with E-state index in [9.17, 15) is 14.6 Å². The van der Waals surface area contributed by atoms with E-state index in [-0.39, 0.29) is 6.61 Å². The fourth-order valence-corrected chi connectivity index (χ4v) is 4.05. The van der Waals surface area contributed by atoms with Gasteiger partial charge in [0, 0.05) is 0 Å². The van der Waals surface area contributed by atoms with Gasteiger partial charge in [0.2, 0.25) is 0 Å². The van der Waals surface area contributed by atoms with E-state index in [1.165, 1.54) is 6.33 Å².